The van der Waals surface area contributed by atoms with Crippen LogP contribution in [0.25, 0.3) is 0 Å². The van der Waals surface area contributed by atoms with E-state index in [1.807, 2.05) is 34.6 Å². The third-order valence-corrected chi connectivity index (χ3v) is 2.42. The van der Waals surface area contributed by atoms with Crippen molar-refractivity contribution in [2.45, 2.75) is 53.1 Å². The Labute approximate surface area is 116 Å². The fourth-order valence-electron chi connectivity index (χ4n) is 1.82. The van der Waals surface area contributed by atoms with Gasteiger partial charge in [-0.3, -0.25) is 0 Å². The van der Waals surface area contributed by atoms with E-state index in [9.17, 15) is 9.59 Å². The molecule has 0 aromatic carbocycles. The lowest BCUT2D eigenvalue weighted by atomic mass is 10.0. The van der Waals surface area contributed by atoms with Crippen LogP contribution in [0.2, 0.25) is 0 Å². The summed E-state index contributed by atoms with van der Waals surface area (Å²) in [5.41, 5.74) is 0.0944. The molecule has 0 aliphatic rings. The van der Waals surface area contributed by atoms with E-state index < -0.39 is 5.97 Å². The Morgan fingerprint density at radius 3 is 2.21 bits per heavy atom. The summed E-state index contributed by atoms with van der Waals surface area (Å²) in [7, 11) is 0. The second-order valence-corrected chi connectivity index (χ2v) is 5.78. The van der Waals surface area contributed by atoms with Crippen LogP contribution in [0.15, 0.2) is 12.2 Å². The maximum atomic E-state index is 12.1. The van der Waals surface area contributed by atoms with Crippen LogP contribution in [0.1, 0.15) is 41.5 Å². The highest BCUT2D eigenvalue weighted by Gasteiger charge is 2.28. The molecule has 0 aliphatic heterocycles. The molecule has 2 amide bonds. The first-order chi connectivity index (χ1) is 8.57. The van der Waals surface area contributed by atoms with Crippen LogP contribution in [0, 0.1) is 0 Å². The van der Waals surface area contributed by atoms with Gasteiger partial charge in [0.25, 0.3) is 0 Å². The van der Waals surface area contributed by atoms with Crippen LogP contribution >= 0.6 is 0 Å². The molecule has 0 aromatic heterocycles. The number of hydrogen-bond acceptors (Lipinski definition) is 3. The third kappa shape index (κ3) is 6.27. The van der Waals surface area contributed by atoms with Crippen LogP contribution in [0.3, 0.4) is 0 Å². The predicted molar refractivity (Wildman–Crippen MR) is 75.9 cm³/mol. The van der Waals surface area contributed by atoms with Crippen molar-refractivity contribution in [2.75, 3.05) is 13.2 Å². The zero-order chi connectivity index (χ0) is 15.2. The summed E-state index contributed by atoms with van der Waals surface area (Å²) in [5.74, 6) is -0.439. The van der Waals surface area contributed by atoms with Crippen molar-refractivity contribution in [3.63, 3.8) is 0 Å². The largest absolute Gasteiger partial charge is 0.460 e. The monoisotopic (exact) mass is 270 g/mol. The van der Waals surface area contributed by atoms with Gasteiger partial charge in [-0.2, -0.15) is 0 Å². The highest BCUT2D eigenvalue weighted by atomic mass is 16.5. The maximum Gasteiger partial charge on any atom is 0.333 e. The number of carbonyl (C=O) groups is 2. The molecule has 0 unspecified atom stereocenters. The topological polar surface area (TPSA) is 58.6 Å². The molecule has 0 saturated carbocycles. The lowest BCUT2D eigenvalue weighted by Crippen LogP contribution is -2.54. The Morgan fingerprint density at radius 1 is 1.32 bits per heavy atom. The summed E-state index contributed by atoms with van der Waals surface area (Å²) >= 11 is 0. The zero-order valence-electron chi connectivity index (χ0n) is 12.9. The van der Waals surface area contributed by atoms with E-state index in [2.05, 4.69) is 11.9 Å². The molecule has 0 heterocycles. The molecule has 5 heteroatoms. The molecule has 0 radical (unpaired) electrons. The third-order valence-electron chi connectivity index (χ3n) is 2.42. The van der Waals surface area contributed by atoms with E-state index in [0.717, 1.165) is 0 Å². The van der Waals surface area contributed by atoms with Gasteiger partial charge >= 0.3 is 12.0 Å². The number of ether oxygens (including phenoxy) is 1. The van der Waals surface area contributed by atoms with Crippen LogP contribution in [-0.4, -0.2) is 41.6 Å². The van der Waals surface area contributed by atoms with E-state index in [0.29, 0.717) is 5.57 Å². The van der Waals surface area contributed by atoms with Gasteiger partial charge in [-0.05, 0) is 41.5 Å². The number of nitrogens with one attached hydrogen (secondary N) is 1. The molecule has 0 bridgehead atoms. The van der Waals surface area contributed by atoms with Crippen LogP contribution < -0.4 is 5.32 Å². The molecule has 0 aliphatic carbocycles. The van der Waals surface area contributed by atoms with E-state index in [1.165, 1.54) is 0 Å². The smallest absolute Gasteiger partial charge is 0.333 e. The first kappa shape index (κ1) is 17.5. The average Bonchev–Trinajstić information content (AvgIpc) is 2.21. The van der Waals surface area contributed by atoms with Crippen molar-refractivity contribution in [1.29, 1.82) is 0 Å². The molecule has 0 saturated heterocycles. The number of nitrogens with zero attached hydrogens (tertiary/aromatic N) is 1. The number of hydrogen-bond donors (Lipinski definition) is 1. The van der Waals surface area contributed by atoms with Gasteiger partial charge in [-0.15, -0.1) is 0 Å². The minimum atomic E-state index is -0.439. The SMILES string of the molecule is C=C(C)C(=O)OCCNC(=O)N(C(C)C)C(C)(C)C. The summed E-state index contributed by atoms with van der Waals surface area (Å²) in [6.45, 7) is 15.4. The van der Waals surface area contributed by atoms with Crippen molar-refractivity contribution >= 4 is 12.0 Å². The van der Waals surface area contributed by atoms with Crippen molar-refractivity contribution in [1.82, 2.24) is 10.2 Å². The molecule has 5 nitrogen and oxygen atoms in total. The zero-order valence-corrected chi connectivity index (χ0v) is 12.9. The second-order valence-electron chi connectivity index (χ2n) is 5.78. The van der Waals surface area contributed by atoms with Gasteiger partial charge < -0.3 is 15.0 Å². The van der Waals surface area contributed by atoms with Crippen molar-refractivity contribution in [3.8, 4) is 0 Å². The van der Waals surface area contributed by atoms with Crippen molar-refractivity contribution < 1.29 is 14.3 Å². The van der Waals surface area contributed by atoms with Gasteiger partial charge in [0.1, 0.15) is 6.61 Å². The van der Waals surface area contributed by atoms with E-state index in [1.54, 1.807) is 11.8 Å². The Hall–Kier alpha value is -1.52. The van der Waals surface area contributed by atoms with Crippen LogP contribution in [0.5, 0.6) is 0 Å². The Balaban J connectivity index is 4.23. The van der Waals surface area contributed by atoms with Crippen LogP contribution in [0.4, 0.5) is 4.79 Å². The van der Waals surface area contributed by atoms with Gasteiger partial charge in [0.15, 0.2) is 0 Å². The van der Waals surface area contributed by atoms with Crippen molar-refractivity contribution in [2.24, 2.45) is 0 Å². The Kier molecular flexibility index (Phi) is 6.59. The molecule has 0 fully saturated rings. The second kappa shape index (κ2) is 7.16. The molecular weight excluding hydrogens is 244 g/mol. The Morgan fingerprint density at radius 2 is 1.84 bits per heavy atom. The minimum absolute atomic E-state index is 0.0953. The molecule has 19 heavy (non-hydrogen) atoms. The summed E-state index contributed by atoms with van der Waals surface area (Å²) in [6.07, 6.45) is 0. The van der Waals surface area contributed by atoms with Gasteiger partial charge in [0.2, 0.25) is 0 Å². The molecule has 0 atom stereocenters. The van der Waals surface area contributed by atoms with E-state index in [4.69, 9.17) is 4.74 Å². The van der Waals surface area contributed by atoms with E-state index in [-0.39, 0.29) is 30.8 Å². The molecule has 110 valence electrons. The van der Waals surface area contributed by atoms with Crippen molar-refractivity contribution in [3.05, 3.63) is 12.2 Å². The standard InChI is InChI=1S/C14H26N2O3/c1-10(2)12(17)19-9-8-15-13(18)16(11(3)4)14(5,6)7/h11H,1,8-9H2,2-7H3,(H,15,18). The number of amides is 2. The molecular formula is C14H26N2O3. The first-order valence-corrected chi connectivity index (χ1v) is 6.47. The quantitative estimate of drug-likeness (QED) is 0.474. The minimum Gasteiger partial charge on any atom is -0.460 e. The fraction of sp³-hybridized carbons (Fsp3) is 0.714. The maximum absolute atomic E-state index is 12.1. The summed E-state index contributed by atoms with van der Waals surface area (Å²) in [4.78, 5) is 25.0. The molecule has 0 aromatic rings. The van der Waals surface area contributed by atoms with Gasteiger partial charge in [0, 0.05) is 17.2 Å². The summed E-state index contributed by atoms with van der Waals surface area (Å²) < 4.78 is 4.91. The number of urea groups is 1. The molecule has 0 rings (SSSR count). The van der Waals surface area contributed by atoms with Gasteiger partial charge in [-0.25, -0.2) is 9.59 Å². The highest BCUT2D eigenvalue weighted by Crippen LogP contribution is 2.16. The number of carbonyl (C=O) groups excluding carboxylic acids is 2. The number of rotatable bonds is 5. The predicted octanol–water partition coefficient (Wildman–Crippen LogP) is 2.32. The Bertz CT molecular complexity index is 343. The first-order valence-electron chi connectivity index (χ1n) is 6.47. The summed E-state index contributed by atoms with van der Waals surface area (Å²) in [5, 5.41) is 2.75. The lowest BCUT2D eigenvalue weighted by molar-refractivity contribution is -0.138. The summed E-state index contributed by atoms with van der Waals surface area (Å²) in [6, 6.07) is -0.0631. The van der Waals surface area contributed by atoms with Gasteiger partial charge in [0.05, 0.1) is 6.54 Å². The molecule has 0 spiro atoms. The highest BCUT2D eigenvalue weighted by molar-refractivity contribution is 5.86. The number of esters is 1. The van der Waals surface area contributed by atoms with Gasteiger partial charge in [-0.1, -0.05) is 6.58 Å². The normalized spacial score (nSPS) is 11.1. The average molecular weight is 270 g/mol. The van der Waals surface area contributed by atoms with E-state index >= 15 is 0 Å². The lowest BCUT2D eigenvalue weighted by Gasteiger charge is -2.38. The fourth-order valence-corrected chi connectivity index (χ4v) is 1.82. The molecule has 1 N–H and O–H groups in total. The van der Waals surface area contributed by atoms with Crippen LogP contribution in [-0.2, 0) is 9.53 Å².